The summed E-state index contributed by atoms with van der Waals surface area (Å²) in [5, 5.41) is 17.1. The molecule has 0 fully saturated rings. The quantitative estimate of drug-likeness (QED) is 0.701. The van der Waals surface area contributed by atoms with Crippen LogP contribution in [0, 0.1) is 6.92 Å². The van der Waals surface area contributed by atoms with Crippen molar-refractivity contribution in [3.05, 3.63) is 65.4 Å². The lowest BCUT2D eigenvalue weighted by molar-refractivity contribution is -0.255. The van der Waals surface area contributed by atoms with Gasteiger partial charge in [-0.3, -0.25) is 10.1 Å². The van der Waals surface area contributed by atoms with Crippen LogP contribution in [0.25, 0.3) is 11.0 Å². The molecule has 1 heterocycles. The zero-order valence-corrected chi connectivity index (χ0v) is 14.0. The number of furan rings is 1. The van der Waals surface area contributed by atoms with E-state index in [0.717, 1.165) is 10.9 Å². The Bertz CT molecular complexity index is 961. The second-order valence-corrected chi connectivity index (χ2v) is 5.78. The van der Waals surface area contributed by atoms with Crippen LogP contribution in [-0.2, 0) is 0 Å². The van der Waals surface area contributed by atoms with Gasteiger partial charge in [-0.15, -0.1) is 0 Å². The predicted molar refractivity (Wildman–Crippen MR) is 95.4 cm³/mol. The van der Waals surface area contributed by atoms with Crippen molar-refractivity contribution in [2.45, 2.75) is 6.92 Å². The van der Waals surface area contributed by atoms with Gasteiger partial charge in [-0.05, 0) is 48.5 Å². The number of carboxylic acids is 1. The van der Waals surface area contributed by atoms with Crippen LogP contribution >= 0.6 is 12.2 Å². The Morgan fingerprint density at radius 3 is 2.60 bits per heavy atom. The zero-order chi connectivity index (χ0) is 18.0. The molecule has 0 aliphatic carbocycles. The van der Waals surface area contributed by atoms with Gasteiger partial charge in [-0.2, -0.15) is 0 Å². The molecule has 2 N–H and O–H groups in total. The molecule has 0 unspecified atom stereocenters. The summed E-state index contributed by atoms with van der Waals surface area (Å²) in [4.78, 5) is 23.2. The van der Waals surface area contributed by atoms with Crippen molar-refractivity contribution in [1.29, 1.82) is 0 Å². The molecule has 0 bridgehead atoms. The van der Waals surface area contributed by atoms with Crippen molar-refractivity contribution < 1.29 is 19.1 Å². The van der Waals surface area contributed by atoms with E-state index in [0.29, 0.717) is 11.3 Å². The number of aromatic carboxylic acids is 1. The van der Waals surface area contributed by atoms with E-state index in [1.807, 2.05) is 18.2 Å². The predicted octanol–water partition coefficient (Wildman–Crippen LogP) is 2.23. The number of hydrogen-bond donors (Lipinski definition) is 2. The molecule has 7 heteroatoms. The second-order valence-electron chi connectivity index (χ2n) is 5.37. The summed E-state index contributed by atoms with van der Waals surface area (Å²) in [5.41, 5.74) is 1.85. The van der Waals surface area contributed by atoms with Gasteiger partial charge in [0.15, 0.2) is 10.9 Å². The molecule has 25 heavy (non-hydrogen) atoms. The van der Waals surface area contributed by atoms with Crippen LogP contribution in [0.4, 0.5) is 5.69 Å². The highest BCUT2D eigenvalue weighted by Crippen LogP contribution is 2.19. The van der Waals surface area contributed by atoms with Gasteiger partial charge in [0.1, 0.15) is 5.58 Å². The van der Waals surface area contributed by atoms with Crippen LogP contribution in [0.2, 0.25) is 0 Å². The van der Waals surface area contributed by atoms with Gasteiger partial charge in [-0.25, -0.2) is 0 Å². The Morgan fingerprint density at radius 1 is 1.12 bits per heavy atom. The van der Waals surface area contributed by atoms with Crippen molar-refractivity contribution in [2.24, 2.45) is 0 Å². The maximum atomic E-state index is 12.2. The molecule has 3 aromatic rings. The average Bonchev–Trinajstić information content (AvgIpc) is 3.01. The zero-order valence-electron chi connectivity index (χ0n) is 13.2. The number of aryl methyl sites for hydroxylation is 1. The third kappa shape index (κ3) is 3.67. The molecule has 0 saturated heterocycles. The molecule has 1 amide bonds. The molecule has 1 aromatic heterocycles. The van der Waals surface area contributed by atoms with E-state index in [2.05, 4.69) is 10.6 Å². The van der Waals surface area contributed by atoms with Gasteiger partial charge in [0.05, 0.1) is 5.97 Å². The number of amides is 1. The van der Waals surface area contributed by atoms with E-state index >= 15 is 0 Å². The van der Waals surface area contributed by atoms with Crippen LogP contribution in [0.15, 0.2) is 52.9 Å². The van der Waals surface area contributed by atoms with Gasteiger partial charge in [0.25, 0.3) is 5.91 Å². The number of hydrogen-bond acceptors (Lipinski definition) is 5. The highest BCUT2D eigenvalue weighted by molar-refractivity contribution is 7.80. The molecule has 0 aliphatic heterocycles. The summed E-state index contributed by atoms with van der Waals surface area (Å²) in [6, 6.07) is 13.3. The number of carbonyl (C=O) groups excluding carboxylic acids is 2. The molecule has 6 nitrogen and oxygen atoms in total. The summed E-state index contributed by atoms with van der Waals surface area (Å²) in [6.07, 6.45) is 0. The molecule has 0 aliphatic rings. The Hall–Kier alpha value is -3.19. The molecule has 3 rings (SSSR count). The molecular formula is C18H13N2O4S-. The number of para-hydroxylation sites is 1. The van der Waals surface area contributed by atoms with Crippen LogP contribution < -0.4 is 15.7 Å². The van der Waals surface area contributed by atoms with E-state index < -0.39 is 11.9 Å². The maximum absolute atomic E-state index is 12.2. The highest BCUT2D eigenvalue weighted by atomic mass is 32.1. The van der Waals surface area contributed by atoms with Crippen LogP contribution in [0.1, 0.15) is 26.5 Å². The molecule has 0 radical (unpaired) electrons. The van der Waals surface area contributed by atoms with E-state index in [1.54, 1.807) is 25.1 Å². The van der Waals surface area contributed by atoms with Gasteiger partial charge in [0.2, 0.25) is 0 Å². The lowest BCUT2D eigenvalue weighted by Gasteiger charge is -2.13. The lowest BCUT2D eigenvalue weighted by Crippen LogP contribution is -2.34. The molecule has 0 atom stereocenters. The summed E-state index contributed by atoms with van der Waals surface area (Å²) in [6.45, 7) is 1.78. The first-order valence-corrected chi connectivity index (χ1v) is 7.78. The second kappa shape index (κ2) is 6.74. The van der Waals surface area contributed by atoms with Gasteiger partial charge >= 0.3 is 0 Å². The Labute approximate surface area is 148 Å². The van der Waals surface area contributed by atoms with E-state index in [9.17, 15) is 14.7 Å². The first kappa shape index (κ1) is 16.7. The SMILES string of the molecule is Cc1ccc(C(=O)[O-])cc1NC(=S)NC(=O)c1cc2ccccc2o1. The average molecular weight is 353 g/mol. The van der Waals surface area contributed by atoms with Crippen LogP contribution in [0.5, 0.6) is 0 Å². The summed E-state index contributed by atoms with van der Waals surface area (Å²) in [5.74, 6) is -1.66. The largest absolute Gasteiger partial charge is 0.545 e. The summed E-state index contributed by atoms with van der Waals surface area (Å²) in [7, 11) is 0. The van der Waals surface area contributed by atoms with E-state index in [-0.39, 0.29) is 16.4 Å². The highest BCUT2D eigenvalue weighted by Gasteiger charge is 2.14. The summed E-state index contributed by atoms with van der Waals surface area (Å²) < 4.78 is 5.47. The van der Waals surface area contributed by atoms with Gasteiger partial charge < -0.3 is 19.6 Å². The number of fused-ring (bicyclic) bond motifs is 1. The first-order valence-electron chi connectivity index (χ1n) is 7.37. The topological polar surface area (TPSA) is 94.4 Å². The number of nitrogens with one attached hydrogen (secondary N) is 2. The van der Waals surface area contributed by atoms with Crippen LogP contribution in [-0.4, -0.2) is 17.0 Å². The Balaban J connectivity index is 1.73. The minimum Gasteiger partial charge on any atom is -0.545 e. The molecule has 0 saturated carbocycles. The van der Waals surface area contributed by atoms with Gasteiger partial charge in [0, 0.05) is 11.1 Å². The number of carboxylic acid groups (broad SMARTS) is 1. The Morgan fingerprint density at radius 2 is 1.88 bits per heavy atom. The minimum absolute atomic E-state index is 0.0134. The van der Waals surface area contributed by atoms with E-state index in [4.69, 9.17) is 16.6 Å². The molecule has 0 spiro atoms. The van der Waals surface area contributed by atoms with Gasteiger partial charge in [-0.1, -0.05) is 30.3 Å². The number of carbonyl (C=O) groups is 2. The van der Waals surface area contributed by atoms with Crippen molar-refractivity contribution in [2.75, 3.05) is 5.32 Å². The number of anilines is 1. The number of rotatable bonds is 3. The maximum Gasteiger partial charge on any atom is 0.293 e. The fraction of sp³-hybridized carbons (Fsp3) is 0.0556. The van der Waals surface area contributed by atoms with Crippen molar-refractivity contribution in [3.63, 3.8) is 0 Å². The monoisotopic (exact) mass is 353 g/mol. The number of thiocarbonyl (C=S) groups is 1. The standard InChI is InChI=1S/C18H14N2O4S/c1-10-6-7-12(17(22)23)8-13(10)19-18(25)20-16(21)15-9-11-4-2-3-5-14(11)24-15/h2-9H,1H3,(H,22,23)(H2,19,20,21,25)/p-1. The normalized spacial score (nSPS) is 10.4. The summed E-state index contributed by atoms with van der Waals surface area (Å²) >= 11 is 5.11. The van der Waals surface area contributed by atoms with E-state index in [1.165, 1.54) is 12.1 Å². The lowest BCUT2D eigenvalue weighted by atomic mass is 10.1. The Kier molecular flexibility index (Phi) is 4.49. The molecular weight excluding hydrogens is 340 g/mol. The first-order chi connectivity index (χ1) is 11.9. The van der Waals surface area contributed by atoms with Crippen molar-refractivity contribution >= 4 is 45.9 Å². The van der Waals surface area contributed by atoms with Crippen molar-refractivity contribution in [3.8, 4) is 0 Å². The number of benzene rings is 2. The molecule has 2 aromatic carbocycles. The fourth-order valence-corrected chi connectivity index (χ4v) is 2.50. The third-order valence-corrected chi connectivity index (χ3v) is 3.80. The minimum atomic E-state index is -1.29. The fourth-order valence-electron chi connectivity index (χ4n) is 2.30. The van der Waals surface area contributed by atoms with Crippen molar-refractivity contribution in [1.82, 2.24) is 5.32 Å². The third-order valence-electron chi connectivity index (χ3n) is 3.60. The molecule has 126 valence electrons. The van der Waals surface area contributed by atoms with Crippen LogP contribution in [0.3, 0.4) is 0 Å². The smallest absolute Gasteiger partial charge is 0.293 e.